The van der Waals surface area contributed by atoms with Crippen LogP contribution in [0, 0.1) is 0 Å². The molecule has 0 spiro atoms. The number of hydrogen-bond donors (Lipinski definition) is 0. The zero-order valence-corrected chi connectivity index (χ0v) is 9.67. The second kappa shape index (κ2) is 4.65. The van der Waals surface area contributed by atoms with Gasteiger partial charge >= 0.3 is 0 Å². The van der Waals surface area contributed by atoms with Crippen LogP contribution in [0.15, 0.2) is 24.3 Å². The Morgan fingerprint density at radius 3 is 2.47 bits per heavy atom. The zero-order valence-electron chi connectivity index (χ0n) is 9.67. The molecule has 1 heterocycles. The van der Waals surface area contributed by atoms with Gasteiger partial charge in [-0.3, -0.25) is 14.5 Å². The van der Waals surface area contributed by atoms with E-state index in [1.165, 1.54) is 19.1 Å². The highest BCUT2D eigenvalue weighted by molar-refractivity contribution is 6.52. The van der Waals surface area contributed by atoms with Gasteiger partial charge in [0.15, 0.2) is 6.29 Å². The molecule has 0 bridgehead atoms. The van der Waals surface area contributed by atoms with Crippen molar-refractivity contribution in [2.45, 2.75) is 6.29 Å². The van der Waals surface area contributed by atoms with Crippen LogP contribution >= 0.6 is 0 Å². The Bertz CT molecular complexity index is 454. The average Bonchev–Trinajstić information content (AvgIpc) is 2.61. The summed E-state index contributed by atoms with van der Waals surface area (Å²) in [6, 6.07) is 6.90. The Kier molecular flexibility index (Phi) is 3.21. The van der Waals surface area contributed by atoms with Crippen molar-refractivity contribution in [2.75, 3.05) is 25.7 Å². The molecule has 5 nitrogen and oxygen atoms in total. The molecule has 0 saturated carbocycles. The van der Waals surface area contributed by atoms with Crippen molar-refractivity contribution in [3.63, 3.8) is 0 Å². The number of ether oxygens (including phenoxy) is 2. The van der Waals surface area contributed by atoms with Gasteiger partial charge in [-0.25, -0.2) is 0 Å². The largest absolute Gasteiger partial charge is 0.354 e. The van der Waals surface area contributed by atoms with Crippen molar-refractivity contribution < 1.29 is 19.1 Å². The lowest BCUT2D eigenvalue weighted by Crippen LogP contribution is -2.38. The van der Waals surface area contributed by atoms with E-state index in [0.717, 1.165) is 0 Å². The van der Waals surface area contributed by atoms with Gasteiger partial charge in [-0.15, -0.1) is 0 Å². The lowest BCUT2D eigenvalue weighted by molar-refractivity contribution is -0.119. The number of Topliss-reactive ketones (excluding diaryl/α,β-unsaturated/α-hetero) is 1. The zero-order chi connectivity index (χ0) is 12.4. The van der Waals surface area contributed by atoms with E-state index in [-0.39, 0.29) is 6.54 Å². The van der Waals surface area contributed by atoms with Crippen LogP contribution in [0.1, 0.15) is 10.4 Å². The van der Waals surface area contributed by atoms with Crippen LogP contribution in [0.3, 0.4) is 0 Å². The minimum Gasteiger partial charge on any atom is -0.354 e. The molecule has 0 radical (unpaired) electrons. The molecular weight excluding hydrogens is 222 g/mol. The lowest BCUT2D eigenvalue weighted by Gasteiger charge is -2.21. The summed E-state index contributed by atoms with van der Waals surface area (Å²) in [6.45, 7) is 0.203. The topological polar surface area (TPSA) is 55.8 Å². The van der Waals surface area contributed by atoms with Crippen molar-refractivity contribution in [3.8, 4) is 0 Å². The summed E-state index contributed by atoms with van der Waals surface area (Å²) in [4.78, 5) is 24.9. The number of hydrogen-bond acceptors (Lipinski definition) is 4. The van der Waals surface area contributed by atoms with E-state index in [9.17, 15) is 9.59 Å². The Hall–Kier alpha value is -1.72. The SMILES string of the molecule is COC(CN1C(=O)C(=O)c2ccccc21)OC. The number of carbonyl (C=O) groups excluding carboxylic acids is 2. The van der Waals surface area contributed by atoms with E-state index in [2.05, 4.69) is 0 Å². The summed E-state index contributed by atoms with van der Waals surface area (Å²) in [7, 11) is 2.98. The fraction of sp³-hybridized carbons (Fsp3) is 0.333. The van der Waals surface area contributed by atoms with Crippen LogP contribution in [0.4, 0.5) is 5.69 Å². The molecular formula is C12H13NO4. The van der Waals surface area contributed by atoms with E-state index in [4.69, 9.17) is 9.47 Å². The molecule has 1 amide bonds. The minimum atomic E-state index is -0.544. The molecule has 0 aromatic heterocycles. The number of rotatable bonds is 4. The number of carbonyl (C=O) groups is 2. The summed E-state index contributed by atoms with van der Waals surface area (Å²) in [5, 5.41) is 0. The third kappa shape index (κ3) is 1.94. The highest BCUT2D eigenvalue weighted by atomic mass is 16.7. The first-order chi connectivity index (χ1) is 8.19. The minimum absolute atomic E-state index is 0.203. The predicted octanol–water partition coefficient (Wildman–Crippen LogP) is 0.835. The number of fused-ring (bicyclic) bond motifs is 1. The number of ketones is 1. The van der Waals surface area contributed by atoms with Gasteiger partial charge in [0.25, 0.3) is 11.7 Å². The predicted molar refractivity (Wildman–Crippen MR) is 60.9 cm³/mol. The van der Waals surface area contributed by atoms with E-state index in [1.54, 1.807) is 24.3 Å². The number of benzene rings is 1. The maximum absolute atomic E-state index is 11.8. The monoisotopic (exact) mass is 235 g/mol. The Balaban J connectivity index is 2.30. The summed E-state index contributed by atoms with van der Waals surface area (Å²) >= 11 is 0. The maximum atomic E-state index is 11.8. The molecule has 17 heavy (non-hydrogen) atoms. The van der Waals surface area contributed by atoms with Crippen molar-refractivity contribution in [1.29, 1.82) is 0 Å². The third-order valence-electron chi connectivity index (χ3n) is 2.74. The highest BCUT2D eigenvalue weighted by Gasteiger charge is 2.36. The van der Waals surface area contributed by atoms with Gasteiger partial charge in [0, 0.05) is 14.2 Å². The molecule has 1 aliphatic rings. The van der Waals surface area contributed by atoms with Crippen molar-refractivity contribution >= 4 is 17.4 Å². The molecule has 0 N–H and O–H groups in total. The number of amides is 1. The van der Waals surface area contributed by atoms with Crippen LogP contribution in [-0.4, -0.2) is 38.7 Å². The normalized spacial score (nSPS) is 14.6. The van der Waals surface area contributed by atoms with E-state index < -0.39 is 18.0 Å². The quantitative estimate of drug-likeness (QED) is 0.573. The van der Waals surface area contributed by atoms with Crippen LogP contribution in [0.25, 0.3) is 0 Å². The number of para-hydroxylation sites is 1. The first kappa shape index (κ1) is 11.8. The molecule has 0 aliphatic carbocycles. The lowest BCUT2D eigenvalue weighted by atomic mass is 10.1. The van der Waals surface area contributed by atoms with E-state index in [1.807, 2.05) is 0 Å². The standard InChI is InChI=1S/C12H13NO4/c1-16-10(17-2)7-13-9-6-4-3-5-8(9)11(14)12(13)15/h3-6,10H,7H2,1-2H3. The molecule has 2 rings (SSSR count). The summed E-state index contributed by atoms with van der Waals surface area (Å²) in [5.74, 6) is -1.02. The first-order valence-corrected chi connectivity index (χ1v) is 5.20. The van der Waals surface area contributed by atoms with Crippen LogP contribution < -0.4 is 4.90 Å². The van der Waals surface area contributed by atoms with Gasteiger partial charge in [-0.1, -0.05) is 12.1 Å². The highest BCUT2D eigenvalue weighted by Crippen LogP contribution is 2.28. The second-order valence-electron chi connectivity index (χ2n) is 3.66. The Labute approximate surface area is 98.9 Å². The molecule has 90 valence electrons. The molecule has 0 fully saturated rings. The van der Waals surface area contributed by atoms with E-state index in [0.29, 0.717) is 11.3 Å². The molecule has 0 saturated heterocycles. The molecule has 0 atom stereocenters. The summed E-state index contributed by atoms with van der Waals surface area (Å²) in [6.07, 6.45) is -0.544. The molecule has 1 aromatic rings. The molecule has 5 heteroatoms. The van der Waals surface area contributed by atoms with Crippen molar-refractivity contribution in [2.24, 2.45) is 0 Å². The number of nitrogens with zero attached hydrogens (tertiary/aromatic N) is 1. The fourth-order valence-electron chi connectivity index (χ4n) is 1.82. The summed E-state index contributed by atoms with van der Waals surface area (Å²) in [5.41, 5.74) is 1.05. The number of anilines is 1. The van der Waals surface area contributed by atoms with Gasteiger partial charge in [0.05, 0.1) is 17.8 Å². The van der Waals surface area contributed by atoms with Gasteiger partial charge in [0.1, 0.15) is 0 Å². The maximum Gasteiger partial charge on any atom is 0.299 e. The Morgan fingerprint density at radius 1 is 1.18 bits per heavy atom. The van der Waals surface area contributed by atoms with Crippen molar-refractivity contribution in [1.82, 2.24) is 0 Å². The van der Waals surface area contributed by atoms with Crippen LogP contribution in [0.5, 0.6) is 0 Å². The van der Waals surface area contributed by atoms with Gasteiger partial charge in [-0.05, 0) is 12.1 Å². The van der Waals surface area contributed by atoms with Crippen LogP contribution in [0.2, 0.25) is 0 Å². The van der Waals surface area contributed by atoms with Crippen LogP contribution in [-0.2, 0) is 14.3 Å². The third-order valence-corrected chi connectivity index (χ3v) is 2.74. The molecule has 0 unspecified atom stereocenters. The Morgan fingerprint density at radius 2 is 1.82 bits per heavy atom. The molecule has 1 aliphatic heterocycles. The average molecular weight is 235 g/mol. The first-order valence-electron chi connectivity index (χ1n) is 5.20. The summed E-state index contributed by atoms with van der Waals surface area (Å²) < 4.78 is 10.1. The van der Waals surface area contributed by atoms with Gasteiger partial charge in [-0.2, -0.15) is 0 Å². The van der Waals surface area contributed by atoms with Gasteiger partial charge in [0.2, 0.25) is 0 Å². The van der Waals surface area contributed by atoms with Crippen molar-refractivity contribution in [3.05, 3.63) is 29.8 Å². The van der Waals surface area contributed by atoms with Gasteiger partial charge < -0.3 is 9.47 Å². The fourth-order valence-corrected chi connectivity index (χ4v) is 1.82. The molecule has 1 aromatic carbocycles. The number of methoxy groups -OCH3 is 2. The van der Waals surface area contributed by atoms with E-state index >= 15 is 0 Å². The smallest absolute Gasteiger partial charge is 0.299 e. The second-order valence-corrected chi connectivity index (χ2v) is 3.66.